The van der Waals surface area contributed by atoms with Gasteiger partial charge in [0.15, 0.2) is 5.78 Å². The number of unbranched alkanes of at least 4 members (excludes halogenated alkanes) is 6. The van der Waals surface area contributed by atoms with Crippen molar-refractivity contribution in [1.82, 2.24) is 40.3 Å². The van der Waals surface area contributed by atoms with Gasteiger partial charge < -0.3 is 60.1 Å². The van der Waals surface area contributed by atoms with Gasteiger partial charge in [-0.2, -0.15) is 0 Å². The van der Waals surface area contributed by atoms with Crippen molar-refractivity contribution in [2.24, 2.45) is 17.8 Å². The highest BCUT2D eigenvalue weighted by molar-refractivity contribution is 7.58. The van der Waals surface area contributed by atoms with Crippen molar-refractivity contribution in [3.63, 3.8) is 0 Å². The number of aromatic nitrogens is 3. The van der Waals surface area contributed by atoms with Gasteiger partial charge >= 0.3 is 35.8 Å². The second kappa shape index (κ2) is 45.5. The Kier molecular flexibility index (Phi) is 40.2. The van der Waals surface area contributed by atoms with Gasteiger partial charge in [0, 0.05) is 140 Å². The highest BCUT2D eigenvalue weighted by Crippen LogP contribution is 2.51. The summed E-state index contributed by atoms with van der Waals surface area (Å²) in [5.41, 5.74) is 0.369. The fourth-order valence-electron chi connectivity index (χ4n) is 13.1. The van der Waals surface area contributed by atoms with E-state index in [1.807, 2.05) is 41.5 Å². The molecule has 1 aromatic carbocycles. The summed E-state index contributed by atoms with van der Waals surface area (Å²) < 4.78 is 58.2. The molecule has 3 unspecified atom stereocenters. The normalized spacial score (nSPS) is 16.5. The third-order valence-electron chi connectivity index (χ3n) is 19.1. The molecule has 37 heteroatoms. The lowest BCUT2D eigenvalue weighted by Crippen LogP contribution is -2.57. The molecule has 3 rings (SSSR count). The molecule has 0 radical (unpaired) electrons. The van der Waals surface area contributed by atoms with Crippen LogP contribution in [-0.4, -0.2) is 244 Å². The maximum absolute atomic E-state index is 17.2. The van der Waals surface area contributed by atoms with E-state index in [0.717, 1.165) is 4.68 Å². The van der Waals surface area contributed by atoms with E-state index in [0.29, 0.717) is 69.4 Å². The highest BCUT2D eigenvalue weighted by Gasteiger charge is 2.56. The van der Waals surface area contributed by atoms with Gasteiger partial charge in [0.25, 0.3) is 14.3 Å². The molecule has 1 aliphatic rings. The average molecular weight is 1590 g/mol. The highest BCUT2D eigenvalue weighted by atomic mass is 31.2. The lowest BCUT2D eigenvalue weighted by atomic mass is 9.90. The van der Waals surface area contributed by atoms with Gasteiger partial charge in [-0.25, -0.2) is 4.68 Å². The molecule has 2 heterocycles. The molecule has 1 aliphatic heterocycles. The number of aryl methyl sites for hydroxylation is 1. The van der Waals surface area contributed by atoms with E-state index in [9.17, 15) is 101 Å². The number of benzene rings is 1. The number of aliphatic carboxylic acids is 6. The minimum Gasteiger partial charge on any atom is -0.481 e. The number of ketones is 4. The van der Waals surface area contributed by atoms with E-state index in [1.54, 1.807) is 26.8 Å². The quantitative estimate of drug-likeness (QED) is 0.0130. The molecular formula is C70H114FN8O24P3Si. The van der Waals surface area contributed by atoms with Crippen molar-refractivity contribution >= 4 is 106 Å². The van der Waals surface area contributed by atoms with E-state index in [2.05, 4.69) is 20.9 Å². The van der Waals surface area contributed by atoms with Crippen molar-refractivity contribution in [3.8, 4) is 0 Å². The number of hydrogen-bond acceptors (Lipinski definition) is 20. The number of carbonyl (C=O) groups excluding carboxylic acids is 6. The predicted octanol–water partition coefficient (Wildman–Crippen LogP) is 7.84. The summed E-state index contributed by atoms with van der Waals surface area (Å²) in [7, 11) is -15.9. The second-order valence-corrected chi connectivity index (χ2v) is 42.4. The van der Waals surface area contributed by atoms with Gasteiger partial charge in [-0.3, -0.25) is 85.9 Å². The third kappa shape index (κ3) is 36.6. The van der Waals surface area contributed by atoms with Crippen LogP contribution in [0.5, 0.6) is 0 Å². The van der Waals surface area contributed by atoms with E-state index in [4.69, 9.17) is 15.3 Å². The Morgan fingerprint density at radius 3 is 1.36 bits per heavy atom. The van der Waals surface area contributed by atoms with Crippen molar-refractivity contribution in [3.05, 3.63) is 41.7 Å². The minimum atomic E-state index is -4.14. The molecule has 0 bridgehead atoms. The summed E-state index contributed by atoms with van der Waals surface area (Å²) in [6, 6.07) is 4.88. The molecule has 7 atom stereocenters. The topological polar surface area (TPSA) is 503 Å². The second-order valence-electron chi connectivity index (χ2n) is 30.3. The standard InChI is InChI=1S/C70H114FN8O24P3Si/c1-69(2,3)107(71,70(4,5)6)58-26-21-50(22-27-58)65(91)73-45-59(60(83)44-52(67(94)95)16-10-9-12-19-55(80)18-11-7-8-13-20-61(84)72-32-15-14-17-51(66(92)93)42-57(82)43-53(68(96)97)23-28-62(85)86)79-46-54(74-75-79)24-25-56(81)29-39-104(98,99)47-76-33-35-77(48-105(100,101)40-30-63(87)88)37-38-78(36-34-76)49-106(102,103)41-31-64(89)90/h21-22,26-27,46,51-53,59H,7-20,23-25,28-45,47-49H2,1-6H3,(H,72,84)(H,73,91)(H,85,86)(H,87,88)(H,89,90)(H,92,93)(H,94,95)(H,96,97)(H,98,99)(H,100,101)(H,102,103)/t51-,52+,53-,59-/m1/s1. The largest absolute Gasteiger partial charge is 0.481 e. The van der Waals surface area contributed by atoms with Crippen LogP contribution in [-0.2, 0) is 72.9 Å². The Morgan fingerprint density at radius 1 is 0.495 bits per heavy atom. The fourth-order valence-corrected chi connectivity index (χ4v) is 22.6. The fraction of sp³-hybridized carbons (Fsp3) is 0.714. The zero-order valence-electron chi connectivity index (χ0n) is 62.6. The Labute approximate surface area is 625 Å². The van der Waals surface area contributed by atoms with Crippen LogP contribution in [0.4, 0.5) is 4.11 Å². The number of carboxylic acids is 6. The van der Waals surface area contributed by atoms with Crippen LogP contribution >= 0.6 is 22.1 Å². The van der Waals surface area contributed by atoms with Crippen LogP contribution in [0, 0.1) is 17.8 Å². The summed E-state index contributed by atoms with van der Waals surface area (Å²) >= 11 is 0. The molecule has 604 valence electrons. The number of carbonyl (C=O) groups is 12. The van der Waals surface area contributed by atoms with Crippen LogP contribution in [0.1, 0.15) is 211 Å². The molecule has 107 heavy (non-hydrogen) atoms. The Bertz CT molecular complexity index is 3410. The van der Waals surface area contributed by atoms with Gasteiger partial charge in [0.1, 0.15) is 23.4 Å². The summed E-state index contributed by atoms with van der Waals surface area (Å²) in [6.07, 6.45) is 0.433. The molecule has 1 fully saturated rings. The molecule has 2 aromatic rings. The van der Waals surface area contributed by atoms with Crippen LogP contribution in [0.3, 0.4) is 0 Å². The minimum absolute atomic E-state index is 0.0163. The number of halogens is 1. The van der Waals surface area contributed by atoms with E-state index >= 15 is 4.11 Å². The Balaban J connectivity index is 1.60. The van der Waals surface area contributed by atoms with Crippen LogP contribution in [0.25, 0.3) is 0 Å². The van der Waals surface area contributed by atoms with Crippen molar-refractivity contribution in [2.75, 3.05) is 89.7 Å². The van der Waals surface area contributed by atoms with Crippen LogP contribution < -0.4 is 15.8 Å². The van der Waals surface area contributed by atoms with Crippen LogP contribution in [0.15, 0.2) is 30.5 Å². The summed E-state index contributed by atoms with van der Waals surface area (Å²) in [5, 5.41) is 69.3. The Hall–Kier alpha value is -6.60. The average Bonchev–Trinajstić information content (AvgIpc) is 1.30. The SMILES string of the molecule is CC(C)(C)[Si](F)(c1ccc(C(=O)NC[C@H](C(=O)C[C@H](CCCCCC(=O)CCCCCCC(=O)NCCCC[C@H](CC(=O)C[C@@H](CCC(=O)O)C(=O)O)C(=O)O)C(=O)O)n2cc(CCC(=O)CCP(=O)(O)CN3CCN(CP(=O)(O)CCC(=O)O)CCN(CP(=O)(O)CCC(=O)O)CC3)nn2)cc1)C(C)(C)C. The molecule has 32 nitrogen and oxygen atoms in total. The first-order valence-corrected chi connectivity index (χ1v) is 44.6. The zero-order chi connectivity index (χ0) is 80.5. The lowest BCUT2D eigenvalue weighted by Gasteiger charge is -2.44. The number of hydrogen-bond donors (Lipinski definition) is 11. The zero-order valence-corrected chi connectivity index (χ0v) is 66.3. The van der Waals surface area contributed by atoms with Gasteiger partial charge in [0.05, 0.1) is 55.1 Å². The number of Topliss-reactive ketones (excluding diaryl/α,β-unsaturated/α-hetero) is 4. The molecule has 1 aromatic heterocycles. The van der Waals surface area contributed by atoms with Crippen molar-refractivity contribution < 1.29 is 121 Å². The van der Waals surface area contributed by atoms with Crippen molar-refractivity contribution in [2.45, 2.75) is 212 Å². The van der Waals surface area contributed by atoms with Gasteiger partial charge in [0.2, 0.25) is 28.0 Å². The summed E-state index contributed by atoms with van der Waals surface area (Å²) in [4.78, 5) is 186. The van der Waals surface area contributed by atoms with Crippen molar-refractivity contribution in [1.29, 1.82) is 0 Å². The summed E-state index contributed by atoms with van der Waals surface area (Å²) in [5.74, 6) is -13.5. The number of nitrogens with one attached hydrogen (secondary N) is 2. The maximum Gasteiger partial charge on any atom is 0.306 e. The maximum atomic E-state index is 17.2. The first kappa shape index (κ1) is 94.6. The number of nitrogens with zero attached hydrogens (tertiary/aromatic N) is 6. The van der Waals surface area contributed by atoms with E-state index in [-0.39, 0.29) is 120 Å². The van der Waals surface area contributed by atoms with Gasteiger partial charge in [-0.15, -0.1) is 5.10 Å². The van der Waals surface area contributed by atoms with Gasteiger partial charge in [-0.05, 0) is 78.8 Å². The number of rotatable bonds is 54. The number of amides is 2. The molecule has 0 spiro atoms. The predicted molar refractivity (Wildman–Crippen MR) is 396 cm³/mol. The summed E-state index contributed by atoms with van der Waals surface area (Å²) in [6.45, 7) is 11.4. The molecular weight excluding hydrogens is 1480 g/mol. The first-order valence-electron chi connectivity index (χ1n) is 36.6. The smallest absolute Gasteiger partial charge is 0.306 e. The van der Waals surface area contributed by atoms with Gasteiger partial charge in [-0.1, -0.05) is 91.0 Å². The molecule has 11 N–H and O–H groups in total. The Morgan fingerprint density at radius 2 is 0.907 bits per heavy atom. The molecule has 0 saturated carbocycles. The van der Waals surface area contributed by atoms with Crippen LogP contribution in [0.2, 0.25) is 10.1 Å². The third-order valence-corrected chi connectivity index (χ3v) is 29.7. The monoisotopic (exact) mass is 1590 g/mol. The van der Waals surface area contributed by atoms with E-state index in [1.165, 1.54) is 18.3 Å². The number of carboxylic acid groups (broad SMARTS) is 6. The first-order chi connectivity index (χ1) is 49.8. The van der Waals surface area contributed by atoms with E-state index < -0.39 is 206 Å². The molecule has 2 amide bonds. The molecule has 1 saturated heterocycles. The molecule has 0 aliphatic carbocycles. The lowest BCUT2D eigenvalue weighted by molar-refractivity contribution is -0.146.